The highest BCUT2D eigenvalue weighted by Crippen LogP contribution is 2.23. The summed E-state index contributed by atoms with van der Waals surface area (Å²) < 4.78 is 37.8. The second kappa shape index (κ2) is 9.30. The summed E-state index contributed by atoms with van der Waals surface area (Å²) in [6.07, 6.45) is 3.41. The molecule has 3 heterocycles. The summed E-state index contributed by atoms with van der Waals surface area (Å²) in [5.74, 6) is 0.550. The van der Waals surface area contributed by atoms with Crippen LogP contribution in [0.2, 0.25) is 0 Å². The van der Waals surface area contributed by atoms with E-state index in [1.54, 1.807) is 18.4 Å². The molecule has 1 amide bonds. The fourth-order valence-electron chi connectivity index (χ4n) is 3.93. The topological polar surface area (TPSA) is 92.1 Å². The van der Waals surface area contributed by atoms with Crippen LogP contribution in [0.25, 0.3) is 0 Å². The molecule has 0 aliphatic carbocycles. The lowest BCUT2D eigenvalue weighted by Gasteiger charge is -2.33. The van der Waals surface area contributed by atoms with Crippen molar-refractivity contribution in [3.8, 4) is 0 Å². The van der Waals surface area contributed by atoms with Gasteiger partial charge in [-0.15, -0.1) is 0 Å². The molecule has 1 aromatic carbocycles. The Morgan fingerprint density at radius 2 is 1.73 bits per heavy atom. The van der Waals surface area contributed by atoms with Crippen LogP contribution >= 0.6 is 0 Å². The van der Waals surface area contributed by atoms with Crippen LogP contribution in [0.1, 0.15) is 35.0 Å². The Labute approximate surface area is 176 Å². The number of carbonyl (C=O) groups is 1. The molecule has 8 nitrogen and oxygen atoms in total. The number of rotatable bonds is 7. The Morgan fingerprint density at radius 1 is 1.03 bits per heavy atom. The van der Waals surface area contributed by atoms with Crippen LogP contribution in [0.5, 0.6) is 0 Å². The molecule has 162 valence electrons. The molecule has 2 saturated heterocycles. The van der Waals surface area contributed by atoms with Crippen molar-refractivity contribution in [2.75, 3.05) is 45.9 Å². The molecule has 1 unspecified atom stereocenters. The molecule has 0 spiro atoms. The number of carbonyl (C=O) groups excluding carboxylic acids is 1. The maximum absolute atomic E-state index is 12.7. The predicted octanol–water partition coefficient (Wildman–Crippen LogP) is 1.87. The molecule has 0 saturated carbocycles. The van der Waals surface area contributed by atoms with E-state index in [2.05, 4.69) is 10.2 Å². The van der Waals surface area contributed by atoms with E-state index in [0.717, 1.165) is 31.7 Å². The minimum atomic E-state index is -3.48. The molecule has 9 heteroatoms. The van der Waals surface area contributed by atoms with Gasteiger partial charge in [0.15, 0.2) is 0 Å². The van der Waals surface area contributed by atoms with Crippen molar-refractivity contribution >= 4 is 15.9 Å². The summed E-state index contributed by atoms with van der Waals surface area (Å²) in [4.78, 5) is 15.1. The zero-order chi connectivity index (χ0) is 21.0. The summed E-state index contributed by atoms with van der Waals surface area (Å²) >= 11 is 0. The zero-order valence-corrected chi connectivity index (χ0v) is 17.6. The first-order valence-corrected chi connectivity index (χ1v) is 11.7. The summed E-state index contributed by atoms with van der Waals surface area (Å²) in [5, 5.41) is 2.96. The molecule has 0 bridgehead atoms. The predicted molar refractivity (Wildman–Crippen MR) is 111 cm³/mol. The second-order valence-corrected chi connectivity index (χ2v) is 9.46. The summed E-state index contributed by atoms with van der Waals surface area (Å²) in [7, 11) is -3.48. The van der Waals surface area contributed by atoms with Gasteiger partial charge in [-0.1, -0.05) is 0 Å². The lowest BCUT2D eigenvalue weighted by atomic mass is 10.1. The van der Waals surface area contributed by atoms with Crippen molar-refractivity contribution in [3.63, 3.8) is 0 Å². The maximum Gasteiger partial charge on any atom is 0.251 e. The van der Waals surface area contributed by atoms with Crippen LogP contribution in [0, 0.1) is 0 Å². The SMILES string of the molecule is O=C(NCC(c1ccco1)N1CCOCC1)c1ccc(S(=O)(=O)N2CCCC2)cc1. The van der Waals surface area contributed by atoms with Crippen molar-refractivity contribution in [1.82, 2.24) is 14.5 Å². The number of morpholine rings is 1. The Bertz CT molecular complexity index is 932. The third kappa shape index (κ3) is 4.59. The first-order chi connectivity index (χ1) is 14.6. The minimum Gasteiger partial charge on any atom is -0.468 e. The average molecular weight is 434 g/mol. The van der Waals surface area contributed by atoms with Gasteiger partial charge in [0, 0.05) is 38.3 Å². The van der Waals surface area contributed by atoms with Gasteiger partial charge in [-0.05, 0) is 49.2 Å². The molecule has 1 N–H and O–H groups in total. The average Bonchev–Trinajstić information content (AvgIpc) is 3.49. The number of sulfonamides is 1. The third-order valence-electron chi connectivity index (χ3n) is 5.63. The quantitative estimate of drug-likeness (QED) is 0.717. The third-order valence-corrected chi connectivity index (χ3v) is 7.55. The van der Waals surface area contributed by atoms with Crippen LogP contribution in [-0.4, -0.2) is 69.5 Å². The lowest BCUT2D eigenvalue weighted by molar-refractivity contribution is 0.0118. The fourth-order valence-corrected chi connectivity index (χ4v) is 5.44. The first kappa shape index (κ1) is 21.0. The molecule has 1 aromatic heterocycles. The van der Waals surface area contributed by atoms with Crippen LogP contribution in [0.4, 0.5) is 0 Å². The van der Waals surface area contributed by atoms with Crippen LogP contribution < -0.4 is 5.32 Å². The van der Waals surface area contributed by atoms with Gasteiger partial charge in [-0.2, -0.15) is 4.31 Å². The van der Waals surface area contributed by atoms with Crippen molar-refractivity contribution in [2.24, 2.45) is 0 Å². The number of benzene rings is 1. The zero-order valence-electron chi connectivity index (χ0n) is 16.8. The standard InChI is InChI=1S/C21H27N3O5S/c25-21(17-5-7-18(8-6-17)30(26,27)24-9-1-2-10-24)22-16-19(20-4-3-13-29-20)23-11-14-28-15-12-23/h3-8,13,19H,1-2,9-12,14-16H2,(H,22,25). The molecular formula is C21H27N3O5S. The number of nitrogens with zero attached hydrogens (tertiary/aromatic N) is 2. The van der Waals surface area contributed by atoms with Crippen molar-refractivity contribution in [1.29, 1.82) is 0 Å². The number of nitrogens with one attached hydrogen (secondary N) is 1. The molecule has 30 heavy (non-hydrogen) atoms. The number of amides is 1. The van der Waals surface area contributed by atoms with E-state index < -0.39 is 10.0 Å². The smallest absolute Gasteiger partial charge is 0.251 e. The first-order valence-electron chi connectivity index (χ1n) is 10.3. The van der Waals surface area contributed by atoms with E-state index in [1.165, 1.54) is 16.4 Å². The number of hydrogen-bond acceptors (Lipinski definition) is 6. The largest absolute Gasteiger partial charge is 0.468 e. The van der Waals surface area contributed by atoms with Crippen LogP contribution in [-0.2, 0) is 14.8 Å². The van der Waals surface area contributed by atoms with E-state index in [0.29, 0.717) is 38.4 Å². The van der Waals surface area contributed by atoms with E-state index in [-0.39, 0.29) is 16.8 Å². The van der Waals surface area contributed by atoms with Crippen molar-refractivity contribution < 1.29 is 22.4 Å². The van der Waals surface area contributed by atoms with E-state index >= 15 is 0 Å². The van der Waals surface area contributed by atoms with Gasteiger partial charge in [0.05, 0.1) is 30.4 Å². The Kier molecular flexibility index (Phi) is 6.52. The van der Waals surface area contributed by atoms with E-state index in [1.807, 2.05) is 12.1 Å². The van der Waals surface area contributed by atoms with Gasteiger partial charge in [-0.3, -0.25) is 9.69 Å². The summed E-state index contributed by atoms with van der Waals surface area (Å²) in [5.41, 5.74) is 0.426. The Balaban J connectivity index is 1.41. The molecule has 0 radical (unpaired) electrons. The van der Waals surface area contributed by atoms with Gasteiger partial charge in [0.25, 0.3) is 5.91 Å². The number of furan rings is 1. The van der Waals surface area contributed by atoms with Gasteiger partial charge >= 0.3 is 0 Å². The highest BCUT2D eigenvalue weighted by molar-refractivity contribution is 7.89. The molecule has 2 aliphatic rings. The summed E-state index contributed by atoms with van der Waals surface area (Å²) in [6, 6.07) is 9.81. The van der Waals surface area contributed by atoms with E-state index in [4.69, 9.17) is 9.15 Å². The molecule has 2 aromatic rings. The Morgan fingerprint density at radius 3 is 2.37 bits per heavy atom. The molecule has 2 fully saturated rings. The number of hydrogen-bond donors (Lipinski definition) is 1. The monoisotopic (exact) mass is 433 g/mol. The summed E-state index contributed by atoms with van der Waals surface area (Å²) in [6.45, 7) is 4.34. The van der Waals surface area contributed by atoms with Crippen molar-refractivity contribution in [2.45, 2.75) is 23.8 Å². The van der Waals surface area contributed by atoms with Crippen LogP contribution in [0.15, 0.2) is 52.0 Å². The minimum absolute atomic E-state index is 0.0809. The molecule has 2 aliphatic heterocycles. The molecular weight excluding hydrogens is 406 g/mol. The Hall–Kier alpha value is -2.20. The second-order valence-electron chi connectivity index (χ2n) is 7.53. The number of ether oxygens (including phenoxy) is 1. The van der Waals surface area contributed by atoms with Gasteiger partial charge < -0.3 is 14.5 Å². The highest BCUT2D eigenvalue weighted by atomic mass is 32.2. The van der Waals surface area contributed by atoms with Gasteiger partial charge in [0.1, 0.15) is 5.76 Å². The molecule has 1 atom stereocenters. The van der Waals surface area contributed by atoms with Gasteiger partial charge in [-0.25, -0.2) is 8.42 Å². The molecule has 4 rings (SSSR count). The van der Waals surface area contributed by atoms with Crippen LogP contribution in [0.3, 0.4) is 0 Å². The highest BCUT2D eigenvalue weighted by Gasteiger charge is 2.28. The van der Waals surface area contributed by atoms with E-state index in [9.17, 15) is 13.2 Å². The van der Waals surface area contributed by atoms with Crippen molar-refractivity contribution in [3.05, 3.63) is 54.0 Å². The maximum atomic E-state index is 12.7. The fraction of sp³-hybridized carbons (Fsp3) is 0.476. The normalized spacial score (nSPS) is 19.6. The lowest BCUT2D eigenvalue weighted by Crippen LogP contribution is -2.43. The van der Waals surface area contributed by atoms with Gasteiger partial charge in [0.2, 0.25) is 10.0 Å².